The van der Waals surface area contributed by atoms with Crippen LogP contribution in [0.15, 0.2) is 30.3 Å². The summed E-state index contributed by atoms with van der Waals surface area (Å²) >= 11 is 0. The average Bonchev–Trinajstić information content (AvgIpc) is 2.51. The second-order valence-electron chi connectivity index (χ2n) is 5.00. The summed E-state index contributed by atoms with van der Waals surface area (Å²) in [7, 11) is 1.67. The molecule has 0 saturated heterocycles. The molecule has 2 amide bonds. The standard InChI is InChI=1S/C16H24N2O4/c1-22-12-6-5-9-14(13-7-3-2-4-8-13)18-16(21)17-11-10-15(19)20/h2-4,7-8,14H,5-6,9-12H2,1H3,(H,19,20)(H2,17,18,21). The molecule has 1 rings (SSSR count). The maximum absolute atomic E-state index is 11.9. The van der Waals surface area contributed by atoms with Crippen molar-refractivity contribution in [3.05, 3.63) is 35.9 Å². The molecule has 0 spiro atoms. The van der Waals surface area contributed by atoms with Gasteiger partial charge in [-0.3, -0.25) is 4.79 Å². The number of carbonyl (C=O) groups is 2. The summed E-state index contributed by atoms with van der Waals surface area (Å²) in [6.45, 7) is 0.818. The molecule has 0 aliphatic heterocycles. The number of carbonyl (C=O) groups excluding carboxylic acids is 1. The zero-order valence-electron chi connectivity index (χ0n) is 12.9. The Morgan fingerprint density at radius 1 is 1.23 bits per heavy atom. The summed E-state index contributed by atoms with van der Waals surface area (Å²) < 4.78 is 5.03. The largest absolute Gasteiger partial charge is 0.481 e. The third kappa shape index (κ3) is 7.64. The minimum Gasteiger partial charge on any atom is -0.481 e. The van der Waals surface area contributed by atoms with Gasteiger partial charge in [-0.15, -0.1) is 0 Å². The first-order chi connectivity index (χ1) is 10.6. The second kappa shape index (κ2) is 10.6. The van der Waals surface area contributed by atoms with Gasteiger partial charge in [0.2, 0.25) is 0 Å². The van der Waals surface area contributed by atoms with Crippen molar-refractivity contribution in [2.24, 2.45) is 0 Å². The first-order valence-electron chi connectivity index (χ1n) is 7.43. The molecule has 6 nitrogen and oxygen atoms in total. The first kappa shape index (κ1) is 18.0. The Bertz CT molecular complexity index is 451. The number of benzene rings is 1. The van der Waals surface area contributed by atoms with Crippen LogP contribution in [-0.4, -0.2) is 37.4 Å². The lowest BCUT2D eigenvalue weighted by Gasteiger charge is -2.19. The van der Waals surface area contributed by atoms with Crippen molar-refractivity contribution in [2.75, 3.05) is 20.3 Å². The Hall–Kier alpha value is -2.08. The predicted molar refractivity (Wildman–Crippen MR) is 83.7 cm³/mol. The molecule has 0 radical (unpaired) electrons. The second-order valence-corrected chi connectivity index (χ2v) is 5.00. The quantitative estimate of drug-likeness (QED) is 0.579. The predicted octanol–water partition coefficient (Wildman–Crippen LogP) is 2.32. The van der Waals surface area contributed by atoms with Crippen molar-refractivity contribution in [1.29, 1.82) is 0 Å². The number of aliphatic carboxylic acids is 1. The number of ether oxygens (including phenoxy) is 1. The molecule has 0 aromatic heterocycles. The third-order valence-electron chi connectivity index (χ3n) is 3.22. The van der Waals surface area contributed by atoms with Gasteiger partial charge in [0.15, 0.2) is 0 Å². The van der Waals surface area contributed by atoms with Crippen molar-refractivity contribution >= 4 is 12.0 Å². The average molecular weight is 308 g/mol. The van der Waals surface area contributed by atoms with Gasteiger partial charge in [0.1, 0.15) is 0 Å². The molecule has 0 aliphatic rings. The third-order valence-corrected chi connectivity index (χ3v) is 3.22. The fourth-order valence-electron chi connectivity index (χ4n) is 2.09. The Morgan fingerprint density at radius 2 is 1.95 bits per heavy atom. The lowest BCUT2D eigenvalue weighted by atomic mass is 10.0. The van der Waals surface area contributed by atoms with E-state index < -0.39 is 5.97 Å². The Morgan fingerprint density at radius 3 is 2.59 bits per heavy atom. The summed E-state index contributed by atoms with van der Waals surface area (Å²) in [6, 6.07) is 9.29. The Balaban J connectivity index is 2.50. The lowest BCUT2D eigenvalue weighted by molar-refractivity contribution is -0.136. The Labute approximate surface area is 130 Å². The monoisotopic (exact) mass is 308 g/mol. The normalized spacial score (nSPS) is 11.7. The molecule has 3 N–H and O–H groups in total. The van der Waals surface area contributed by atoms with Crippen molar-refractivity contribution in [1.82, 2.24) is 10.6 Å². The van der Waals surface area contributed by atoms with Crippen molar-refractivity contribution in [3.63, 3.8) is 0 Å². The van der Waals surface area contributed by atoms with Gasteiger partial charge in [0, 0.05) is 20.3 Å². The molecule has 0 bridgehead atoms. The van der Waals surface area contributed by atoms with Crippen LogP contribution >= 0.6 is 0 Å². The minimum atomic E-state index is -0.931. The highest BCUT2D eigenvalue weighted by molar-refractivity contribution is 5.75. The van der Waals surface area contributed by atoms with Crippen LogP contribution in [0.1, 0.15) is 37.3 Å². The van der Waals surface area contributed by atoms with Crippen LogP contribution < -0.4 is 10.6 Å². The van der Waals surface area contributed by atoms with Crippen molar-refractivity contribution in [2.45, 2.75) is 31.7 Å². The molecular weight excluding hydrogens is 284 g/mol. The number of hydrogen-bond donors (Lipinski definition) is 3. The van der Waals surface area contributed by atoms with Crippen molar-refractivity contribution < 1.29 is 19.4 Å². The molecule has 22 heavy (non-hydrogen) atoms. The van der Waals surface area contributed by atoms with E-state index in [-0.39, 0.29) is 25.0 Å². The molecule has 1 aromatic rings. The number of nitrogens with one attached hydrogen (secondary N) is 2. The number of methoxy groups -OCH3 is 1. The van der Waals surface area contributed by atoms with E-state index in [4.69, 9.17) is 9.84 Å². The molecule has 0 aliphatic carbocycles. The van der Waals surface area contributed by atoms with Gasteiger partial charge in [0.05, 0.1) is 12.5 Å². The molecule has 1 atom stereocenters. The van der Waals surface area contributed by atoms with Gasteiger partial charge in [-0.2, -0.15) is 0 Å². The molecule has 1 aromatic carbocycles. The molecule has 0 heterocycles. The van der Waals surface area contributed by atoms with Gasteiger partial charge in [0.25, 0.3) is 0 Å². The number of amides is 2. The van der Waals surface area contributed by atoms with Gasteiger partial charge in [-0.05, 0) is 24.8 Å². The van der Waals surface area contributed by atoms with Crippen LogP contribution in [0.3, 0.4) is 0 Å². The van der Waals surface area contributed by atoms with Gasteiger partial charge in [-0.1, -0.05) is 30.3 Å². The van der Waals surface area contributed by atoms with Crippen LogP contribution in [-0.2, 0) is 9.53 Å². The van der Waals surface area contributed by atoms with Crippen LogP contribution in [0.4, 0.5) is 4.79 Å². The Kier molecular flexibility index (Phi) is 8.67. The maximum atomic E-state index is 11.9. The van der Waals surface area contributed by atoms with Gasteiger partial charge < -0.3 is 20.5 Å². The maximum Gasteiger partial charge on any atom is 0.315 e. The SMILES string of the molecule is COCCCCC(NC(=O)NCCC(=O)O)c1ccccc1. The highest BCUT2D eigenvalue weighted by Gasteiger charge is 2.14. The highest BCUT2D eigenvalue weighted by Crippen LogP contribution is 2.19. The number of rotatable bonds is 10. The topological polar surface area (TPSA) is 87.7 Å². The zero-order valence-corrected chi connectivity index (χ0v) is 12.9. The van der Waals surface area contributed by atoms with E-state index in [1.54, 1.807) is 7.11 Å². The smallest absolute Gasteiger partial charge is 0.315 e. The van der Waals surface area contributed by atoms with Crippen LogP contribution in [0.5, 0.6) is 0 Å². The molecule has 0 fully saturated rings. The summed E-state index contributed by atoms with van der Waals surface area (Å²) in [5.41, 5.74) is 1.04. The summed E-state index contributed by atoms with van der Waals surface area (Å²) in [4.78, 5) is 22.3. The molecule has 122 valence electrons. The van der Waals surface area contributed by atoms with Crippen LogP contribution in [0, 0.1) is 0 Å². The molecule has 6 heteroatoms. The summed E-state index contributed by atoms with van der Waals surface area (Å²) in [5.74, 6) is -0.931. The van der Waals surface area contributed by atoms with E-state index in [1.165, 1.54) is 0 Å². The van der Waals surface area contributed by atoms with E-state index in [1.807, 2.05) is 30.3 Å². The van der Waals surface area contributed by atoms with Gasteiger partial charge >= 0.3 is 12.0 Å². The summed E-state index contributed by atoms with van der Waals surface area (Å²) in [6.07, 6.45) is 2.59. The fourth-order valence-corrected chi connectivity index (χ4v) is 2.09. The van der Waals surface area contributed by atoms with Crippen molar-refractivity contribution in [3.8, 4) is 0 Å². The van der Waals surface area contributed by atoms with Crippen LogP contribution in [0.25, 0.3) is 0 Å². The number of unbranched alkanes of at least 4 members (excludes halogenated alkanes) is 1. The van der Waals surface area contributed by atoms with E-state index in [0.717, 1.165) is 24.8 Å². The molecular formula is C16H24N2O4. The molecule has 1 unspecified atom stereocenters. The highest BCUT2D eigenvalue weighted by atomic mass is 16.5. The number of urea groups is 1. The number of carboxylic acids is 1. The first-order valence-corrected chi connectivity index (χ1v) is 7.43. The minimum absolute atomic E-state index is 0.0860. The van der Waals surface area contributed by atoms with E-state index in [9.17, 15) is 9.59 Å². The van der Waals surface area contributed by atoms with E-state index in [0.29, 0.717) is 6.61 Å². The molecule has 0 saturated carbocycles. The van der Waals surface area contributed by atoms with Crippen LogP contribution in [0.2, 0.25) is 0 Å². The zero-order chi connectivity index (χ0) is 16.2. The number of carboxylic acid groups (broad SMARTS) is 1. The van der Waals surface area contributed by atoms with E-state index >= 15 is 0 Å². The van der Waals surface area contributed by atoms with E-state index in [2.05, 4.69) is 10.6 Å². The van der Waals surface area contributed by atoms with Gasteiger partial charge in [-0.25, -0.2) is 4.79 Å². The number of hydrogen-bond acceptors (Lipinski definition) is 3. The fraction of sp³-hybridized carbons (Fsp3) is 0.500. The summed E-state index contributed by atoms with van der Waals surface area (Å²) in [5, 5.41) is 14.0. The lowest BCUT2D eigenvalue weighted by Crippen LogP contribution is -2.38.